The van der Waals surface area contributed by atoms with Gasteiger partial charge in [0.1, 0.15) is 0 Å². The third-order valence-corrected chi connectivity index (χ3v) is 14.2. The van der Waals surface area contributed by atoms with Gasteiger partial charge in [-0.25, -0.2) is 0 Å². The van der Waals surface area contributed by atoms with E-state index in [1.165, 1.54) is 110 Å². The molecule has 1 heterocycles. The van der Waals surface area contributed by atoms with Crippen molar-refractivity contribution in [1.82, 2.24) is 0 Å². The van der Waals surface area contributed by atoms with Crippen molar-refractivity contribution in [2.24, 2.45) is 0 Å². The van der Waals surface area contributed by atoms with Gasteiger partial charge in [-0.2, -0.15) is 41.6 Å². The van der Waals surface area contributed by atoms with Crippen molar-refractivity contribution in [3.05, 3.63) is 229 Å². The summed E-state index contributed by atoms with van der Waals surface area (Å²) in [5, 5.41) is 8.21. The molecule has 11 rings (SSSR count). The standard InChI is InChI=1S/2C26H25.C12H7Si.2ClH.Zr/c2*1-18-14-15-20-16-21(26(2,3)4)17-24(20)25(18)23-13-9-8-12-22(23)19-10-6-5-7-11-19;1-3-7-11-9(5-1)10-6-2-4-8-12(10)13-11;;;/h2*5-17H,1-4H3;1-7H;2*1H;/q3*-1;;;+2/p-2. The molecule has 0 aromatic heterocycles. The fraction of sp³-hybridized carbons (Fsp3) is 0.156. The van der Waals surface area contributed by atoms with Gasteiger partial charge in [-0.15, -0.1) is 74.6 Å². The molecule has 0 nitrogen and oxygen atoms in total. The Morgan fingerprint density at radius 2 is 0.824 bits per heavy atom. The van der Waals surface area contributed by atoms with Crippen LogP contribution in [0.2, 0.25) is 0 Å². The number of rotatable bonds is 4. The fourth-order valence-electron chi connectivity index (χ4n) is 9.23. The first-order valence-electron chi connectivity index (χ1n) is 23.3. The third kappa shape index (κ3) is 10.9. The molecule has 0 aliphatic carbocycles. The zero-order valence-corrected chi connectivity index (χ0v) is 45.3. The van der Waals surface area contributed by atoms with Crippen molar-refractivity contribution in [3.8, 4) is 55.6 Å². The molecule has 2 radical (unpaired) electrons. The minimum Gasteiger partial charge on any atom is -0.184 e. The number of halogens is 2. The second kappa shape index (κ2) is 21.5. The van der Waals surface area contributed by atoms with Crippen LogP contribution < -0.4 is 10.4 Å². The summed E-state index contributed by atoms with van der Waals surface area (Å²) in [4.78, 5) is 0. The summed E-state index contributed by atoms with van der Waals surface area (Å²) >= 11 is -0.826. The largest absolute Gasteiger partial charge is 0.184 e. The maximum Gasteiger partial charge on any atom is 0.0920 e. The first-order chi connectivity index (χ1) is 32.8. The second-order valence-corrected chi connectivity index (χ2v) is 24.6. The number of hydrogen-bond donors (Lipinski definition) is 0. The van der Waals surface area contributed by atoms with Crippen molar-refractivity contribution >= 4 is 58.5 Å². The molecule has 0 atom stereocenters. The fourth-order valence-corrected chi connectivity index (χ4v) is 10.5. The summed E-state index contributed by atoms with van der Waals surface area (Å²) in [6.07, 6.45) is 0. The Morgan fingerprint density at radius 1 is 0.441 bits per heavy atom. The zero-order valence-electron chi connectivity index (χ0n) is 40.3. The Balaban J connectivity index is 0.000000140. The van der Waals surface area contributed by atoms with Crippen LogP contribution in [0.1, 0.15) is 63.8 Å². The molecular weight excluding hydrogens is 959 g/mol. The Kier molecular flexibility index (Phi) is 15.5. The van der Waals surface area contributed by atoms with Gasteiger partial charge >= 0.3 is 37.9 Å². The summed E-state index contributed by atoms with van der Waals surface area (Å²) in [5.41, 5.74) is 19.0. The molecular formula is C64H57Cl2SiZr-3. The van der Waals surface area contributed by atoms with Crippen LogP contribution in [0, 0.1) is 19.9 Å². The summed E-state index contributed by atoms with van der Waals surface area (Å²) in [7, 11) is 10.7. The molecule has 68 heavy (non-hydrogen) atoms. The van der Waals surface area contributed by atoms with E-state index in [4.69, 9.17) is 17.0 Å². The number of benzene rings is 8. The van der Waals surface area contributed by atoms with Gasteiger partial charge in [-0.05, 0) is 58.1 Å². The van der Waals surface area contributed by atoms with E-state index in [2.05, 4.69) is 256 Å². The average Bonchev–Trinajstić information content (AvgIpc) is 4.09. The van der Waals surface area contributed by atoms with E-state index in [1.54, 1.807) is 0 Å². The van der Waals surface area contributed by atoms with Crippen LogP contribution >= 0.6 is 17.0 Å². The van der Waals surface area contributed by atoms with Gasteiger partial charge in [0, 0.05) is 0 Å². The Hall–Kier alpha value is -5.34. The topological polar surface area (TPSA) is 0 Å². The van der Waals surface area contributed by atoms with Crippen molar-refractivity contribution in [2.45, 2.75) is 66.2 Å². The summed E-state index contributed by atoms with van der Waals surface area (Å²) in [6, 6.07) is 75.6. The van der Waals surface area contributed by atoms with Crippen molar-refractivity contribution in [3.63, 3.8) is 0 Å². The van der Waals surface area contributed by atoms with E-state index >= 15 is 0 Å². The Labute approximate surface area is 426 Å². The van der Waals surface area contributed by atoms with E-state index in [-0.39, 0.29) is 10.8 Å². The van der Waals surface area contributed by atoms with Crippen LogP contribution in [0.5, 0.6) is 0 Å². The predicted molar refractivity (Wildman–Crippen MR) is 295 cm³/mol. The number of fused-ring (bicyclic) bond motifs is 5. The van der Waals surface area contributed by atoms with Crippen LogP contribution in [0.15, 0.2) is 200 Å². The van der Waals surface area contributed by atoms with E-state index in [1.807, 2.05) is 6.07 Å². The molecule has 0 spiro atoms. The van der Waals surface area contributed by atoms with Gasteiger partial charge in [0.2, 0.25) is 0 Å². The Bertz CT molecular complexity index is 3070. The van der Waals surface area contributed by atoms with E-state index in [9.17, 15) is 0 Å². The van der Waals surface area contributed by atoms with E-state index in [0.29, 0.717) is 0 Å². The smallest absolute Gasteiger partial charge is 0.0920 e. The van der Waals surface area contributed by atoms with Crippen molar-refractivity contribution in [2.75, 3.05) is 0 Å². The number of hydrogen-bond acceptors (Lipinski definition) is 0. The molecule has 10 aromatic rings. The van der Waals surface area contributed by atoms with Gasteiger partial charge in [-0.3, -0.25) is 0 Å². The second-order valence-electron chi connectivity index (χ2n) is 19.5. The SMILES string of the molecule is Cc1ccc2[cH-]c(C(C)(C)C)cc2c1-c1ccccc1-c1ccccc1.Cc1ccc2[cH-]c(C(C)(C)C)cc2c1-c1ccccc1-c1ccccc1.[Cl][Zr][Cl].[c-]1cccc2c1[Si]c1ccccc1-2. The minimum absolute atomic E-state index is 0.156. The van der Waals surface area contributed by atoms with Gasteiger partial charge in [0.25, 0.3) is 0 Å². The van der Waals surface area contributed by atoms with E-state index < -0.39 is 20.8 Å². The first-order valence-corrected chi connectivity index (χ1v) is 30.6. The van der Waals surface area contributed by atoms with Gasteiger partial charge in [0.15, 0.2) is 0 Å². The monoisotopic (exact) mass is 1010 g/mol. The summed E-state index contributed by atoms with van der Waals surface area (Å²) in [5.74, 6) is 0. The van der Waals surface area contributed by atoms with E-state index in [0.717, 1.165) is 9.52 Å². The molecule has 0 saturated carbocycles. The zero-order chi connectivity index (χ0) is 48.0. The molecule has 0 N–H and O–H groups in total. The first kappa shape index (κ1) is 49.1. The molecule has 1 aliphatic rings. The third-order valence-electron chi connectivity index (χ3n) is 12.8. The van der Waals surface area contributed by atoms with Gasteiger partial charge < -0.3 is 0 Å². The number of aryl methyl sites for hydroxylation is 2. The maximum atomic E-state index is 4.93. The van der Waals surface area contributed by atoms with Gasteiger partial charge in [0.05, 0.1) is 9.52 Å². The van der Waals surface area contributed by atoms with Crippen LogP contribution in [0.4, 0.5) is 0 Å². The van der Waals surface area contributed by atoms with Crippen molar-refractivity contribution in [1.29, 1.82) is 0 Å². The van der Waals surface area contributed by atoms with Crippen LogP contribution in [-0.2, 0) is 31.7 Å². The van der Waals surface area contributed by atoms with Crippen LogP contribution in [-0.4, -0.2) is 9.52 Å². The predicted octanol–water partition coefficient (Wildman–Crippen LogP) is 17.5. The van der Waals surface area contributed by atoms with Gasteiger partial charge in [-0.1, -0.05) is 208 Å². The van der Waals surface area contributed by atoms with Crippen molar-refractivity contribution < 1.29 is 20.8 Å². The molecule has 10 aromatic carbocycles. The molecule has 0 saturated heterocycles. The minimum atomic E-state index is -0.826. The average molecular weight is 1020 g/mol. The molecule has 1 aliphatic heterocycles. The normalized spacial score (nSPS) is 11.6. The van der Waals surface area contributed by atoms with Crippen LogP contribution in [0.25, 0.3) is 77.2 Å². The molecule has 0 unspecified atom stereocenters. The molecule has 338 valence electrons. The molecule has 0 bridgehead atoms. The summed E-state index contributed by atoms with van der Waals surface area (Å²) in [6.45, 7) is 18.1. The maximum absolute atomic E-state index is 4.93. The Morgan fingerprint density at radius 3 is 1.26 bits per heavy atom. The quantitative estimate of drug-likeness (QED) is 0.122. The molecule has 0 fully saturated rings. The molecule has 0 amide bonds. The molecule has 4 heteroatoms. The van der Waals surface area contributed by atoms with Crippen LogP contribution in [0.3, 0.4) is 0 Å². The summed E-state index contributed by atoms with van der Waals surface area (Å²) < 4.78 is 0.